The zero-order valence-corrected chi connectivity index (χ0v) is 13.7. The molecule has 0 spiro atoms. The quantitative estimate of drug-likeness (QED) is 0.861. The number of carbonyl (C=O) groups excluding carboxylic acids is 2. The molecule has 1 N–H and O–H groups in total. The van der Waals surface area contributed by atoms with Crippen LogP contribution in [0, 0.1) is 0 Å². The number of amides is 2. The van der Waals surface area contributed by atoms with Gasteiger partial charge < -0.3 is 14.6 Å². The number of hydrogen-bond donors (Lipinski definition) is 1. The Kier molecular flexibility index (Phi) is 6.20. The van der Waals surface area contributed by atoms with Crippen molar-refractivity contribution in [1.29, 1.82) is 0 Å². The van der Waals surface area contributed by atoms with Gasteiger partial charge in [0.1, 0.15) is 11.2 Å². The third-order valence-electron chi connectivity index (χ3n) is 2.09. The van der Waals surface area contributed by atoms with Crippen LogP contribution in [0.1, 0.15) is 54.9 Å². The Hall–Kier alpha value is -1.79. The fourth-order valence-electron chi connectivity index (χ4n) is 1.40. The Morgan fingerprint density at radius 1 is 0.952 bits per heavy atom. The number of imide groups is 1. The molecule has 0 aromatic carbocycles. The van der Waals surface area contributed by atoms with Crippen LogP contribution in [-0.4, -0.2) is 45.4 Å². The molecular formula is C14H25NO6. The van der Waals surface area contributed by atoms with Crippen molar-refractivity contribution in [2.75, 3.05) is 0 Å². The highest BCUT2D eigenvalue weighted by Crippen LogP contribution is 2.17. The van der Waals surface area contributed by atoms with Crippen molar-refractivity contribution in [2.24, 2.45) is 0 Å². The van der Waals surface area contributed by atoms with E-state index in [9.17, 15) is 14.4 Å². The molecule has 0 bridgehead atoms. The van der Waals surface area contributed by atoms with Crippen LogP contribution in [0.3, 0.4) is 0 Å². The van der Waals surface area contributed by atoms with Gasteiger partial charge in [-0.15, -0.1) is 0 Å². The van der Waals surface area contributed by atoms with E-state index in [1.54, 1.807) is 41.5 Å². The molecule has 2 amide bonds. The number of hydrogen-bond acceptors (Lipinski definition) is 5. The first-order chi connectivity index (χ1) is 9.23. The molecule has 0 fully saturated rings. The highest BCUT2D eigenvalue weighted by atomic mass is 16.6. The topological polar surface area (TPSA) is 93.1 Å². The van der Waals surface area contributed by atoms with Crippen LogP contribution < -0.4 is 0 Å². The standard InChI is InChI=1S/C14H25NO6/c1-9(8-10(16)17)15(11(18)20-13(2,3)4)12(19)21-14(5,6)7/h9H,8H2,1-7H3,(H,16,17). The van der Waals surface area contributed by atoms with Crippen molar-refractivity contribution in [1.82, 2.24) is 4.90 Å². The van der Waals surface area contributed by atoms with E-state index in [-0.39, 0.29) is 0 Å². The number of ether oxygens (including phenoxy) is 2. The molecule has 0 aliphatic carbocycles. The largest absolute Gasteiger partial charge is 0.481 e. The maximum absolute atomic E-state index is 12.1. The van der Waals surface area contributed by atoms with Gasteiger partial charge in [-0.1, -0.05) is 0 Å². The zero-order chi connectivity index (χ0) is 17.0. The van der Waals surface area contributed by atoms with Gasteiger partial charge in [0.05, 0.1) is 12.5 Å². The van der Waals surface area contributed by atoms with Crippen LogP contribution in [0.25, 0.3) is 0 Å². The molecule has 122 valence electrons. The SMILES string of the molecule is CC(CC(=O)O)N(C(=O)OC(C)(C)C)C(=O)OC(C)(C)C. The van der Waals surface area contributed by atoms with Gasteiger partial charge in [0.2, 0.25) is 0 Å². The summed E-state index contributed by atoms with van der Waals surface area (Å²) >= 11 is 0. The molecule has 0 rings (SSSR count). The lowest BCUT2D eigenvalue weighted by Gasteiger charge is -2.31. The molecule has 21 heavy (non-hydrogen) atoms. The molecule has 0 saturated heterocycles. The third kappa shape index (κ3) is 8.16. The lowest BCUT2D eigenvalue weighted by molar-refractivity contribution is -0.138. The fraction of sp³-hybridized carbons (Fsp3) is 0.786. The third-order valence-corrected chi connectivity index (χ3v) is 2.09. The summed E-state index contributed by atoms with van der Waals surface area (Å²) in [5.74, 6) is -1.13. The second kappa shape index (κ2) is 6.78. The van der Waals surface area contributed by atoms with Crippen LogP contribution in [0.5, 0.6) is 0 Å². The van der Waals surface area contributed by atoms with Gasteiger partial charge in [-0.2, -0.15) is 0 Å². The van der Waals surface area contributed by atoms with Crippen molar-refractivity contribution in [3.05, 3.63) is 0 Å². The summed E-state index contributed by atoms with van der Waals surface area (Å²) in [5.41, 5.74) is -1.61. The lowest BCUT2D eigenvalue weighted by atomic mass is 10.2. The lowest BCUT2D eigenvalue weighted by Crippen LogP contribution is -2.48. The van der Waals surface area contributed by atoms with Gasteiger partial charge in [0.25, 0.3) is 0 Å². The molecule has 0 heterocycles. The Morgan fingerprint density at radius 3 is 1.52 bits per heavy atom. The summed E-state index contributed by atoms with van der Waals surface area (Å²) in [6.07, 6.45) is -2.24. The Bertz CT molecular complexity index is 377. The number of carboxylic acid groups (broad SMARTS) is 1. The van der Waals surface area contributed by atoms with Crippen molar-refractivity contribution in [2.45, 2.75) is 72.1 Å². The van der Waals surface area contributed by atoms with Gasteiger partial charge in [-0.05, 0) is 48.5 Å². The van der Waals surface area contributed by atoms with Crippen LogP contribution in [0.2, 0.25) is 0 Å². The van der Waals surface area contributed by atoms with Crippen LogP contribution in [-0.2, 0) is 14.3 Å². The normalized spacial score (nSPS) is 13.3. The molecule has 0 radical (unpaired) electrons. The van der Waals surface area contributed by atoms with E-state index in [2.05, 4.69) is 0 Å². The van der Waals surface area contributed by atoms with E-state index >= 15 is 0 Å². The monoisotopic (exact) mass is 303 g/mol. The van der Waals surface area contributed by atoms with E-state index in [1.807, 2.05) is 0 Å². The molecule has 0 aromatic heterocycles. The number of aliphatic carboxylic acids is 1. The van der Waals surface area contributed by atoms with Crippen molar-refractivity contribution >= 4 is 18.2 Å². The molecule has 1 atom stereocenters. The first-order valence-electron chi connectivity index (χ1n) is 6.70. The summed E-state index contributed by atoms with van der Waals surface area (Å²) in [6.45, 7) is 11.4. The maximum Gasteiger partial charge on any atom is 0.420 e. The highest BCUT2D eigenvalue weighted by molar-refractivity contribution is 5.89. The minimum atomic E-state index is -1.13. The molecule has 7 heteroatoms. The van der Waals surface area contributed by atoms with Crippen molar-refractivity contribution in [3.63, 3.8) is 0 Å². The van der Waals surface area contributed by atoms with E-state index in [1.165, 1.54) is 6.92 Å². The molecule has 7 nitrogen and oxygen atoms in total. The van der Waals surface area contributed by atoms with Gasteiger partial charge in [-0.3, -0.25) is 4.79 Å². The minimum absolute atomic E-state index is 0.390. The van der Waals surface area contributed by atoms with Gasteiger partial charge >= 0.3 is 18.2 Å². The second-order valence-electron chi connectivity index (χ2n) is 6.78. The average Bonchev–Trinajstić information content (AvgIpc) is 2.08. The van der Waals surface area contributed by atoms with Gasteiger partial charge in [0, 0.05) is 0 Å². The summed E-state index contributed by atoms with van der Waals surface area (Å²) < 4.78 is 10.3. The number of carbonyl (C=O) groups is 3. The minimum Gasteiger partial charge on any atom is -0.481 e. The summed E-state index contributed by atoms with van der Waals surface area (Å²) in [5, 5.41) is 8.83. The maximum atomic E-state index is 12.1. The van der Waals surface area contributed by atoms with E-state index in [4.69, 9.17) is 14.6 Å². The van der Waals surface area contributed by atoms with E-state index in [0.29, 0.717) is 4.90 Å². The van der Waals surface area contributed by atoms with Crippen LogP contribution in [0.4, 0.5) is 9.59 Å². The van der Waals surface area contributed by atoms with E-state index < -0.39 is 41.8 Å². The van der Waals surface area contributed by atoms with Crippen LogP contribution >= 0.6 is 0 Å². The Labute approximate surface area is 125 Å². The molecule has 0 saturated carbocycles. The highest BCUT2D eigenvalue weighted by Gasteiger charge is 2.35. The molecule has 1 unspecified atom stereocenters. The number of nitrogens with zero attached hydrogens (tertiary/aromatic N) is 1. The summed E-state index contributed by atoms with van der Waals surface area (Å²) in [4.78, 5) is 35.7. The fourth-order valence-corrected chi connectivity index (χ4v) is 1.40. The molecular weight excluding hydrogens is 278 g/mol. The number of carboxylic acids is 1. The molecule has 0 aliphatic rings. The van der Waals surface area contributed by atoms with Gasteiger partial charge in [0.15, 0.2) is 0 Å². The first-order valence-corrected chi connectivity index (χ1v) is 6.70. The predicted molar refractivity (Wildman–Crippen MR) is 76.0 cm³/mol. The van der Waals surface area contributed by atoms with Crippen molar-refractivity contribution < 1.29 is 29.0 Å². The molecule has 0 aromatic rings. The zero-order valence-electron chi connectivity index (χ0n) is 13.7. The average molecular weight is 303 g/mol. The van der Waals surface area contributed by atoms with Crippen molar-refractivity contribution in [3.8, 4) is 0 Å². The van der Waals surface area contributed by atoms with Crippen LogP contribution in [0.15, 0.2) is 0 Å². The van der Waals surface area contributed by atoms with Gasteiger partial charge in [-0.25, -0.2) is 14.5 Å². The summed E-state index contributed by atoms with van der Waals surface area (Å²) in [6, 6.07) is -0.882. The Morgan fingerprint density at radius 2 is 1.29 bits per heavy atom. The smallest absolute Gasteiger partial charge is 0.420 e. The predicted octanol–water partition coefficient (Wildman–Crippen LogP) is 3.02. The second-order valence-corrected chi connectivity index (χ2v) is 6.78. The van der Waals surface area contributed by atoms with E-state index in [0.717, 1.165) is 0 Å². The Balaban J connectivity index is 5.22. The number of rotatable bonds is 3. The molecule has 0 aliphatic heterocycles. The summed E-state index contributed by atoms with van der Waals surface area (Å²) in [7, 11) is 0. The first kappa shape index (κ1) is 19.2.